The molecule has 0 amide bonds. The second kappa shape index (κ2) is 6.56. The molecule has 0 spiro atoms. The molecule has 2 nitrogen and oxygen atoms in total. The summed E-state index contributed by atoms with van der Waals surface area (Å²) in [5, 5.41) is 10.1. The second-order valence-corrected chi connectivity index (χ2v) is 5.12. The van der Waals surface area contributed by atoms with Gasteiger partial charge in [0.25, 0.3) is 0 Å². The summed E-state index contributed by atoms with van der Waals surface area (Å²) in [4.78, 5) is 12.2. The van der Waals surface area contributed by atoms with Gasteiger partial charge in [0.2, 0.25) is 0 Å². The lowest BCUT2D eigenvalue weighted by Crippen LogP contribution is -2.07. The van der Waals surface area contributed by atoms with Crippen LogP contribution in [0.5, 0.6) is 0 Å². The summed E-state index contributed by atoms with van der Waals surface area (Å²) in [6.07, 6.45) is 0.0595. The smallest absolute Gasteiger partial charge is 0.164 e. The SMILES string of the molecule is N#CC(CC(=O)c1ccccc1)c1c(Cl)cccc1Cl. The summed E-state index contributed by atoms with van der Waals surface area (Å²) >= 11 is 12.2. The number of rotatable bonds is 4. The van der Waals surface area contributed by atoms with Crippen molar-refractivity contribution >= 4 is 29.0 Å². The highest BCUT2D eigenvalue weighted by molar-refractivity contribution is 6.36. The Bertz CT molecular complexity index is 642. The van der Waals surface area contributed by atoms with Gasteiger partial charge in [-0.2, -0.15) is 5.26 Å². The van der Waals surface area contributed by atoms with E-state index in [9.17, 15) is 10.1 Å². The van der Waals surface area contributed by atoms with Crippen LogP contribution in [0.2, 0.25) is 10.0 Å². The van der Waals surface area contributed by atoms with Gasteiger partial charge in [0, 0.05) is 27.6 Å². The number of nitrogens with zero attached hydrogens (tertiary/aromatic N) is 1. The van der Waals surface area contributed by atoms with E-state index in [0.29, 0.717) is 21.2 Å². The van der Waals surface area contributed by atoms with E-state index < -0.39 is 5.92 Å². The molecule has 100 valence electrons. The predicted octanol–water partition coefficient (Wildman–Crippen LogP) is 4.87. The summed E-state index contributed by atoms with van der Waals surface area (Å²) < 4.78 is 0. The van der Waals surface area contributed by atoms with Crippen molar-refractivity contribution in [2.45, 2.75) is 12.3 Å². The Morgan fingerprint density at radius 2 is 1.65 bits per heavy atom. The third-order valence-electron chi connectivity index (χ3n) is 2.99. The molecule has 0 aliphatic heterocycles. The number of benzene rings is 2. The predicted molar refractivity (Wildman–Crippen MR) is 80.2 cm³/mol. The minimum Gasteiger partial charge on any atom is -0.294 e. The van der Waals surface area contributed by atoms with E-state index in [1.54, 1.807) is 42.5 Å². The van der Waals surface area contributed by atoms with Crippen LogP contribution in [-0.4, -0.2) is 5.78 Å². The minimum atomic E-state index is -0.649. The van der Waals surface area contributed by atoms with Crippen molar-refractivity contribution in [1.29, 1.82) is 5.26 Å². The Morgan fingerprint density at radius 1 is 1.05 bits per heavy atom. The zero-order valence-electron chi connectivity index (χ0n) is 10.5. The van der Waals surface area contributed by atoms with Crippen LogP contribution >= 0.6 is 23.2 Å². The Kier molecular flexibility index (Phi) is 4.79. The molecule has 1 atom stereocenters. The Morgan fingerprint density at radius 3 is 2.20 bits per heavy atom. The van der Waals surface area contributed by atoms with Crippen molar-refractivity contribution in [3.63, 3.8) is 0 Å². The van der Waals surface area contributed by atoms with Gasteiger partial charge >= 0.3 is 0 Å². The van der Waals surface area contributed by atoms with Crippen LogP contribution in [0.1, 0.15) is 28.3 Å². The molecule has 4 heteroatoms. The Labute approximate surface area is 127 Å². The van der Waals surface area contributed by atoms with Crippen molar-refractivity contribution in [3.05, 3.63) is 69.7 Å². The second-order valence-electron chi connectivity index (χ2n) is 4.31. The molecule has 2 aromatic rings. The van der Waals surface area contributed by atoms with E-state index >= 15 is 0 Å². The molecule has 0 N–H and O–H groups in total. The molecule has 1 unspecified atom stereocenters. The average Bonchev–Trinajstić information content (AvgIpc) is 2.46. The highest BCUT2D eigenvalue weighted by Crippen LogP contribution is 2.33. The van der Waals surface area contributed by atoms with Crippen molar-refractivity contribution in [2.75, 3.05) is 0 Å². The number of hydrogen-bond donors (Lipinski definition) is 0. The number of carbonyl (C=O) groups is 1. The molecule has 2 aromatic carbocycles. The normalized spacial score (nSPS) is 11.7. The lowest BCUT2D eigenvalue weighted by molar-refractivity contribution is 0.0979. The van der Waals surface area contributed by atoms with E-state index in [0.717, 1.165) is 0 Å². The van der Waals surface area contributed by atoms with Crippen molar-refractivity contribution in [3.8, 4) is 6.07 Å². The van der Waals surface area contributed by atoms with Gasteiger partial charge in [0.1, 0.15) is 0 Å². The van der Waals surface area contributed by atoms with Gasteiger partial charge in [0.05, 0.1) is 12.0 Å². The third kappa shape index (κ3) is 3.19. The minimum absolute atomic E-state index is 0.0595. The molecular formula is C16H11Cl2NO. The van der Waals surface area contributed by atoms with Crippen molar-refractivity contribution in [1.82, 2.24) is 0 Å². The first-order valence-electron chi connectivity index (χ1n) is 6.05. The third-order valence-corrected chi connectivity index (χ3v) is 3.65. The van der Waals surface area contributed by atoms with Crippen LogP contribution in [0, 0.1) is 11.3 Å². The zero-order chi connectivity index (χ0) is 14.5. The lowest BCUT2D eigenvalue weighted by Gasteiger charge is -2.12. The fourth-order valence-electron chi connectivity index (χ4n) is 1.98. The zero-order valence-corrected chi connectivity index (χ0v) is 12.0. The molecule has 0 aromatic heterocycles. The summed E-state index contributed by atoms with van der Waals surface area (Å²) in [5.74, 6) is -0.753. The molecule has 20 heavy (non-hydrogen) atoms. The number of nitriles is 1. The first-order valence-corrected chi connectivity index (χ1v) is 6.81. The van der Waals surface area contributed by atoms with Gasteiger partial charge in [-0.25, -0.2) is 0 Å². The van der Waals surface area contributed by atoms with E-state index in [-0.39, 0.29) is 12.2 Å². The molecule has 0 saturated heterocycles. The molecule has 0 heterocycles. The first-order chi connectivity index (χ1) is 9.63. The lowest BCUT2D eigenvalue weighted by atomic mass is 9.92. The molecule has 2 rings (SSSR count). The first kappa shape index (κ1) is 14.6. The van der Waals surface area contributed by atoms with Gasteiger partial charge in [0.15, 0.2) is 5.78 Å². The van der Waals surface area contributed by atoms with E-state index in [1.165, 1.54) is 0 Å². The number of ketones is 1. The van der Waals surface area contributed by atoms with Gasteiger partial charge in [-0.05, 0) is 12.1 Å². The fourth-order valence-corrected chi connectivity index (χ4v) is 2.64. The molecular weight excluding hydrogens is 293 g/mol. The monoisotopic (exact) mass is 303 g/mol. The molecule has 0 saturated carbocycles. The highest BCUT2D eigenvalue weighted by Gasteiger charge is 2.21. The Hall–Kier alpha value is -1.82. The van der Waals surface area contributed by atoms with Gasteiger partial charge < -0.3 is 0 Å². The van der Waals surface area contributed by atoms with Crippen LogP contribution in [0.3, 0.4) is 0 Å². The van der Waals surface area contributed by atoms with Gasteiger partial charge in [-0.3, -0.25) is 4.79 Å². The van der Waals surface area contributed by atoms with E-state index in [1.807, 2.05) is 6.07 Å². The van der Waals surface area contributed by atoms with Crippen molar-refractivity contribution in [2.24, 2.45) is 0 Å². The maximum atomic E-state index is 12.2. The summed E-state index contributed by atoms with van der Waals surface area (Å²) in [5.41, 5.74) is 1.10. The van der Waals surface area contributed by atoms with Crippen LogP contribution < -0.4 is 0 Å². The van der Waals surface area contributed by atoms with Crippen LogP contribution in [0.15, 0.2) is 48.5 Å². The van der Waals surface area contributed by atoms with Crippen LogP contribution in [0.4, 0.5) is 0 Å². The van der Waals surface area contributed by atoms with Crippen LogP contribution in [-0.2, 0) is 0 Å². The highest BCUT2D eigenvalue weighted by atomic mass is 35.5. The number of carbonyl (C=O) groups excluding carboxylic acids is 1. The standard InChI is InChI=1S/C16H11Cl2NO/c17-13-7-4-8-14(18)16(13)12(10-19)9-15(20)11-5-2-1-3-6-11/h1-8,12H,9H2. The van der Waals surface area contributed by atoms with Crippen LogP contribution in [0.25, 0.3) is 0 Å². The maximum absolute atomic E-state index is 12.2. The number of Topliss-reactive ketones (excluding diaryl/α,β-unsaturated/α-hetero) is 1. The Balaban J connectivity index is 2.27. The topological polar surface area (TPSA) is 40.9 Å². The van der Waals surface area contributed by atoms with Crippen molar-refractivity contribution < 1.29 is 4.79 Å². The molecule has 0 aliphatic carbocycles. The average molecular weight is 304 g/mol. The fraction of sp³-hybridized carbons (Fsp3) is 0.125. The number of halogens is 2. The summed E-state index contributed by atoms with van der Waals surface area (Å²) in [6, 6.07) is 16.0. The summed E-state index contributed by atoms with van der Waals surface area (Å²) in [6.45, 7) is 0. The van der Waals surface area contributed by atoms with Gasteiger partial charge in [-0.1, -0.05) is 59.6 Å². The summed E-state index contributed by atoms with van der Waals surface area (Å²) in [7, 11) is 0. The maximum Gasteiger partial charge on any atom is 0.164 e. The van der Waals surface area contributed by atoms with E-state index in [4.69, 9.17) is 23.2 Å². The number of hydrogen-bond acceptors (Lipinski definition) is 2. The molecule has 0 radical (unpaired) electrons. The largest absolute Gasteiger partial charge is 0.294 e. The molecule has 0 aliphatic rings. The quantitative estimate of drug-likeness (QED) is 0.756. The van der Waals surface area contributed by atoms with Gasteiger partial charge in [-0.15, -0.1) is 0 Å². The molecule has 0 fully saturated rings. The molecule has 0 bridgehead atoms. The van der Waals surface area contributed by atoms with E-state index in [2.05, 4.69) is 6.07 Å².